The molecule has 2 aliphatic rings. The van der Waals surface area contributed by atoms with E-state index in [1.54, 1.807) is 12.1 Å². The van der Waals surface area contributed by atoms with Crippen molar-refractivity contribution in [3.63, 3.8) is 0 Å². The molecule has 0 unspecified atom stereocenters. The maximum absolute atomic E-state index is 13.1. The molecule has 0 bridgehead atoms. The topological polar surface area (TPSA) is 95.9 Å². The van der Waals surface area contributed by atoms with Gasteiger partial charge in [-0.05, 0) is 26.0 Å². The lowest BCUT2D eigenvalue weighted by atomic mass is 10.2. The molecule has 166 valence electrons. The van der Waals surface area contributed by atoms with Crippen LogP contribution in [0.2, 0.25) is 0 Å². The van der Waals surface area contributed by atoms with Crippen molar-refractivity contribution in [1.82, 2.24) is 14.3 Å². The summed E-state index contributed by atoms with van der Waals surface area (Å²) in [7, 11) is -3.66. The van der Waals surface area contributed by atoms with Crippen LogP contribution in [0.3, 0.4) is 0 Å². The van der Waals surface area contributed by atoms with Gasteiger partial charge in [0.1, 0.15) is 5.82 Å². The van der Waals surface area contributed by atoms with E-state index >= 15 is 0 Å². The number of rotatable bonds is 5. The monoisotopic (exact) mass is 445 g/mol. The predicted molar refractivity (Wildman–Crippen MR) is 117 cm³/mol. The second-order valence-electron chi connectivity index (χ2n) is 7.74. The molecule has 31 heavy (non-hydrogen) atoms. The first kappa shape index (κ1) is 21.7. The van der Waals surface area contributed by atoms with E-state index in [1.807, 2.05) is 13.0 Å². The number of anilines is 2. The van der Waals surface area contributed by atoms with Crippen LogP contribution in [0.15, 0.2) is 35.2 Å². The summed E-state index contributed by atoms with van der Waals surface area (Å²) in [6.45, 7) is 7.97. The Hall–Kier alpha value is -2.56. The number of hydrogen-bond donors (Lipinski definition) is 0. The Morgan fingerprint density at radius 1 is 0.968 bits per heavy atom. The predicted octanol–water partition coefficient (Wildman–Crippen LogP) is 1.34. The van der Waals surface area contributed by atoms with Crippen molar-refractivity contribution in [1.29, 1.82) is 0 Å². The molecular formula is C21H27N5O4S. The number of benzene rings is 1. The molecule has 2 saturated heterocycles. The minimum atomic E-state index is -3.66. The fourth-order valence-electron chi connectivity index (χ4n) is 3.79. The summed E-state index contributed by atoms with van der Waals surface area (Å²) in [5.74, 6) is 1.34. The van der Waals surface area contributed by atoms with E-state index in [4.69, 9.17) is 9.72 Å². The van der Waals surface area contributed by atoms with Crippen LogP contribution in [0, 0.1) is 6.92 Å². The highest BCUT2D eigenvalue weighted by Crippen LogP contribution is 2.23. The minimum Gasteiger partial charge on any atom is -0.378 e. The van der Waals surface area contributed by atoms with Crippen molar-refractivity contribution in [2.45, 2.75) is 18.7 Å². The largest absolute Gasteiger partial charge is 0.378 e. The van der Waals surface area contributed by atoms with E-state index < -0.39 is 10.0 Å². The third-order valence-corrected chi connectivity index (χ3v) is 7.46. The molecular weight excluding hydrogens is 418 g/mol. The van der Waals surface area contributed by atoms with Gasteiger partial charge in [0.25, 0.3) is 0 Å². The Kier molecular flexibility index (Phi) is 6.22. The molecule has 2 aliphatic heterocycles. The lowest BCUT2D eigenvalue weighted by molar-refractivity contribution is 0.101. The maximum Gasteiger partial charge on any atom is 0.243 e. The number of aromatic nitrogens is 2. The molecule has 0 atom stereocenters. The average molecular weight is 446 g/mol. The maximum atomic E-state index is 13.1. The summed E-state index contributed by atoms with van der Waals surface area (Å²) in [4.78, 5) is 25.3. The van der Waals surface area contributed by atoms with Crippen LogP contribution in [0.5, 0.6) is 0 Å². The molecule has 0 spiro atoms. The number of sulfonamides is 1. The summed E-state index contributed by atoms with van der Waals surface area (Å²) in [5, 5.41) is 0. The van der Waals surface area contributed by atoms with Gasteiger partial charge in [-0.15, -0.1) is 0 Å². The zero-order valence-corrected chi connectivity index (χ0v) is 18.6. The molecule has 0 N–H and O–H groups in total. The molecule has 2 fully saturated rings. The van der Waals surface area contributed by atoms with Crippen LogP contribution < -0.4 is 9.80 Å². The van der Waals surface area contributed by atoms with Crippen molar-refractivity contribution < 1.29 is 17.9 Å². The minimum absolute atomic E-state index is 0.154. The lowest BCUT2D eigenvalue weighted by Crippen LogP contribution is -2.49. The zero-order valence-electron chi connectivity index (χ0n) is 17.8. The molecule has 1 aromatic carbocycles. The van der Waals surface area contributed by atoms with E-state index in [2.05, 4.69) is 14.8 Å². The van der Waals surface area contributed by atoms with E-state index in [0.29, 0.717) is 50.9 Å². The van der Waals surface area contributed by atoms with Gasteiger partial charge in [0.15, 0.2) is 5.78 Å². The Bertz CT molecular complexity index is 1060. The smallest absolute Gasteiger partial charge is 0.243 e. The average Bonchev–Trinajstić information content (AvgIpc) is 2.79. The van der Waals surface area contributed by atoms with E-state index in [-0.39, 0.29) is 10.7 Å². The number of ether oxygens (including phenoxy) is 1. The first-order valence-electron chi connectivity index (χ1n) is 10.4. The molecule has 0 radical (unpaired) electrons. The van der Waals surface area contributed by atoms with Crippen molar-refractivity contribution in [2.75, 3.05) is 62.3 Å². The van der Waals surface area contributed by atoms with Gasteiger partial charge in [-0.3, -0.25) is 4.79 Å². The summed E-state index contributed by atoms with van der Waals surface area (Å²) >= 11 is 0. The van der Waals surface area contributed by atoms with E-state index in [9.17, 15) is 13.2 Å². The van der Waals surface area contributed by atoms with Gasteiger partial charge in [0.2, 0.25) is 16.0 Å². The second kappa shape index (κ2) is 8.89. The van der Waals surface area contributed by atoms with Crippen molar-refractivity contribution >= 4 is 27.6 Å². The molecule has 0 aliphatic carbocycles. The molecule has 0 saturated carbocycles. The van der Waals surface area contributed by atoms with Crippen molar-refractivity contribution in [3.05, 3.63) is 41.6 Å². The van der Waals surface area contributed by atoms with Crippen LogP contribution in [0.25, 0.3) is 0 Å². The normalized spacial score (nSPS) is 18.3. The molecule has 9 nitrogen and oxygen atoms in total. The van der Waals surface area contributed by atoms with Crippen LogP contribution in [0.4, 0.5) is 11.8 Å². The Balaban J connectivity index is 1.48. The highest BCUT2D eigenvalue weighted by Gasteiger charge is 2.29. The summed E-state index contributed by atoms with van der Waals surface area (Å²) in [6.07, 6.45) is 0. The van der Waals surface area contributed by atoms with Crippen molar-refractivity contribution in [2.24, 2.45) is 0 Å². The van der Waals surface area contributed by atoms with Gasteiger partial charge in [-0.2, -0.15) is 9.29 Å². The summed E-state index contributed by atoms with van der Waals surface area (Å²) in [6, 6.07) is 8.16. The lowest BCUT2D eigenvalue weighted by Gasteiger charge is -2.35. The molecule has 3 heterocycles. The number of carbonyl (C=O) groups is 1. The van der Waals surface area contributed by atoms with Gasteiger partial charge in [0, 0.05) is 56.6 Å². The quantitative estimate of drug-likeness (QED) is 0.636. The number of hydrogen-bond acceptors (Lipinski definition) is 8. The molecule has 0 amide bonds. The fraction of sp³-hybridized carbons (Fsp3) is 0.476. The van der Waals surface area contributed by atoms with Gasteiger partial charge in [-0.25, -0.2) is 13.4 Å². The number of ketones is 1. The fourth-order valence-corrected chi connectivity index (χ4v) is 5.25. The van der Waals surface area contributed by atoms with Gasteiger partial charge in [0.05, 0.1) is 18.1 Å². The van der Waals surface area contributed by atoms with Crippen LogP contribution >= 0.6 is 0 Å². The Morgan fingerprint density at radius 3 is 2.35 bits per heavy atom. The molecule has 10 heteroatoms. The van der Waals surface area contributed by atoms with E-state index in [1.165, 1.54) is 23.4 Å². The third-order valence-electron chi connectivity index (χ3n) is 5.56. The number of aryl methyl sites for hydroxylation is 1. The first-order chi connectivity index (χ1) is 14.8. The van der Waals surface area contributed by atoms with Gasteiger partial charge < -0.3 is 14.5 Å². The Labute approximate surface area is 182 Å². The number of Topliss-reactive ketones (excluding diaryl/α,β-unsaturated/α-hetero) is 1. The molecule has 4 rings (SSSR count). The molecule has 2 aromatic rings. The highest BCUT2D eigenvalue weighted by atomic mass is 32.2. The van der Waals surface area contributed by atoms with Crippen LogP contribution in [-0.2, 0) is 14.8 Å². The van der Waals surface area contributed by atoms with Gasteiger partial charge >= 0.3 is 0 Å². The van der Waals surface area contributed by atoms with E-state index in [0.717, 1.165) is 24.6 Å². The Morgan fingerprint density at radius 2 is 1.68 bits per heavy atom. The van der Waals surface area contributed by atoms with Crippen LogP contribution in [0.1, 0.15) is 23.0 Å². The summed E-state index contributed by atoms with van der Waals surface area (Å²) < 4.78 is 33.0. The number of morpholine rings is 1. The zero-order chi connectivity index (χ0) is 22.0. The number of piperazine rings is 1. The standard InChI is InChI=1S/C21H27N5O4S/c1-16-14-20(23-21(22-16)25-10-12-30-13-11-25)24-6-8-26(9-7-24)31(28,29)19-5-3-4-18(15-19)17(2)27/h3-5,14-15H,6-13H2,1-2H3. The van der Waals surface area contributed by atoms with Crippen LogP contribution in [-0.4, -0.2) is 81.0 Å². The SMILES string of the molecule is CC(=O)c1cccc(S(=O)(=O)N2CCN(c3cc(C)nc(N4CCOCC4)n3)CC2)c1. The second-order valence-corrected chi connectivity index (χ2v) is 9.68. The third kappa shape index (κ3) is 4.70. The number of carbonyl (C=O) groups excluding carboxylic acids is 1. The van der Waals surface area contributed by atoms with Crippen molar-refractivity contribution in [3.8, 4) is 0 Å². The first-order valence-corrected chi connectivity index (χ1v) is 11.8. The number of nitrogens with zero attached hydrogens (tertiary/aromatic N) is 5. The summed E-state index contributed by atoms with van der Waals surface area (Å²) in [5.41, 5.74) is 1.27. The molecule has 1 aromatic heterocycles. The highest BCUT2D eigenvalue weighted by molar-refractivity contribution is 7.89. The van der Waals surface area contributed by atoms with Gasteiger partial charge in [-0.1, -0.05) is 12.1 Å².